The van der Waals surface area contributed by atoms with Crippen LogP contribution in [0.25, 0.3) is 0 Å². The van der Waals surface area contributed by atoms with E-state index < -0.39 is 36.5 Å². The van der Waals surface area contributed by atoms with Crippen LogP contribution in [0.5, 0.6) is 0 Å². The van der Waals surface area contributed by atoms with Gasteiger partial charge in [-0.15, -0.1) is 0 Å². The van der Waals surface area contributed by atoms with Gasteiger partial charge in [0.15, 0.2) is 0 Å². The van der Waals surface area contributed by atoms with Crippen LogP contribution in [0.1, 0.15) is 240 Å². The number of amides is 2. The summed E-state index contributed by atoms with van der Waals surface area (Å²) >= 11 is 0. The van der Waals surface area contributed by atoms with Crippen LogP contribution in [0.3, 0.4) is 0 Å². The number of aliphatic hydroxyl groups is 4. The molecule has 1 saturated heterocycles. The quantitative estimate of drug-likeness (QED) is 0.0332. The first kappa shape index (κ1) is 57.7. The van der Waals surface area contributed by atoms with Gasteiger partial charge in [-0.3, -0.25) is 19.4 Å². The predicted molar refractivity (Wildman–Crippen MR) is 256 cm³/mol. The van der Waals surface area contributed by atoms with Gasteiger partial charge in [0.25, 0.3) is 0 Å². The number of nitrogens with one attached hydrogen (secondary N) is 2. The Bertz CT molecular complexity index is 976. The summed E-state index contributed by atoms with van der Waals surface area (Å²) in [6, 6.07) is -1.08. The van der Waals surface area contributed by atoms with Gasteiger partial charge >= 0.3 is 0 Å². The van der Waals surface area contributed by atoms with Gasteiger partial charge in [0, 0.05) is 26.2 Å². The molecule has 1 heterocycles. The van der Waals surface area contributed by atoms with Crippen molar-refractivity contribution in [1.29, 1.82) is 0 Å². The van der Waals surface area contributed by atoms with Crippen LogP contribution < -0.4 is 10.6 Å². The SMILES string of the molecule is CCCCCCCCCC[C@@H](O)CN(CCCC[C@@H]1NC(=O)[C@H](CCCCN(C[C@H](O)CCCCCCCCCC)C[C@@H](C)O)NC1=O)C[C@H](O)CCCCCCCCCC. The van der Waals surface area contributed by atoms with Crippen LogP contribution in [0.2, 0.25) is 0 Å². The Morgan fingerprint density at radius 1 is 0.410 bits per heavy atom. The Labute approximate surface area is 376 Å². The van der Waals surface area contributed by atoms with Crippen molar-refractivity contribution in [2.75, 3.05) is 39.3 Å². The van der Waals surface area contributed by atoms with Crippen molar-refractivity contribution in [3.05, 3.63) is 0 Å². The van der Waals surface area contributed by atoms with Crippen molar-refractivity contribution in [2.24, 2.45) is 0 Å². The van der Waals surface area contributed by atoms with E-state index in [4.69, 9.17) is 0 Å². The van der Waals surface area contributed by atoms with Crippen molar-refractivity contribution >= 4 is 11.8 Å². The minimum absolute atomic E-state index is 0.122. The first-order chi connectivity index (χ1) is 29.6. The highest BCUT2D eigenvalue weighted by atomic mass is 16.3. The maximum absolute atomic E-state index is 13.1. The molecule has 1 rings (SSSR count). The predicted octanol–water partition coefficient (Wildman–Crippen LogP) is 9.97. The average molecular weight is 867 g/mol. The molecular formula is C51H102N4O6. The van der Waals surface area contributed by atoms with E-state index in [1.807, 2.05) is 0 Å². The molecule has 0 saturated carbocycles. The number of rotatable bonds is 45. The normalized spacial score (nSPS) is 17.8. The molecule has 0 spiro atoms. The highest BCUT2D eigenvalue weighted by Gasteiger charge is 2.33. The second kappa shape index (κ2) is 40.2. The van der Waals surface area contributed by atoms with E-state index in [2.05, 4.69) is 41.2 Å². The number of hydrogen-bond acceptors (Lipinski definition) is 8. The Hall–Kier alpha value is -1.30. The number of hydrogen-bond donors (Lipinski definition) is 6. The molecule has 10 nitrogen and oxygen atoms in total. The Morgan fingerprint density at radius 2 is 0.689 bits per heavy atom. The molecule has 10 heteroatoms. The van der Waals surface area contributed by atoms with Crippen LogP contribution in [0, 0.1) is 0 Å². The Kier molecular flexibility index (Phi) is 38.1. The van der Waals surface area contributed by atoms with Crippen LogP contribution in [-0.2, 0) is 9.59 Å². The van der Waals surface area contributed by atoms with E-state index in [-0.39, 0.29) is 11.8 Å². The van der Waals surface area contributed by atoms with E-state index in [9.17, 15) is 30.0 Å². The molecule has 0 aromatic heterocycles. The summed E-state index contributed by atoms with van der Waals surface area (Å²) in [5.41, 5.74) is 0. The van der Waals surface area contributed by atoms with Crippen molar-refractivity contribution < 1.29 is 30.0 Å². The lowest BCUT2D eigenvalue weighted by Crippen LogP contribution is -2.61. The highest BCUT2D eigenvalue weighted by Crippen LogP contribution is 2.17. The van der Waals surface area contributed by atoms with E-state index >= 15 is 0 Å². The summed E-state index contributed by atoms with van der Waals surface area (Å²) in [5.74, 6) is -0.246. The minimum atomic E-state index is -0.540. The maximum Gasteiger partial charge on any atom is 0.243 e. The molecule has 61 heavy (non-hydrogen) atoms. The molecular weight excluding hydrogens is 765 g/mol. The van der Waals surface area contributed by atoms with Crippen LogP contribution in [0.15, 0.2) is 0 Å². The van der Waals surface area contributed by atoms with Gasteiger partial charge in [-0.25, -0.2) is 0 Å². The highest BCUT2D eigenvalue weighted by molar-refractivity contribution is 5.96. The van der Waals surface area contributed by atoms with Gasteiger partial charge in [-0.05, 0) is 77.8 Å². The van der Waals surface area contributed by atoms with Gasteiger partial charge < -0.3 is 31.1 Å². The lowest BCUT2D eigenvalue weighted by Gasteiger charge is -2.31. The van der Waals surface area contributed by atoms with Gasteiger partial charge in [0.1, 0.15) is 12.1 Å². The summed E-state index contributed by atoms with van der Waals surface area (Å²) in [7, 11) is 0. The van der Waals surface area contributed by atoms with Crippen molar-refractivity contribution in [3.8, 4) is 0 Å². The summed E-state index contributed by atoms with van der Waals surface area (Å²) in [6.45, 7) is 12.2. The minimum Gasteiger partial charge on any atom is -0.392 e. The lowest BCUT2D eigenvalue weighted by atomic mass is 10.0. The van der Waals surface area contributed by atoms with Gasteiger partial charge in [-0.1, -0.05) is 175 Å². The van der Waals surface area contributed by atoms with E-state index in [0.717, 1.165) is 96.6 Å². The van der Waals surface area contributed by atoms with Crippen molar-refractivity contribution in [3.63, 3.8) is 0 Å². The molecule has 0 bridgehead atoms. The molecule has 0 radical (unpaired) electrons. The molecule has 362 valence electrons. The van der Waals surface area contributed by atoms with Crippen LogP contribution >= 0.6 is 0 Å². The largest absolute Gasteiger partial charge is 0.392 e. The molecule has 1 aliphatic rings. The Morgan fingerprint density at radius 3 is 0.984 bits per heavy atom. The van der Waals surface area contributed by atoms with Crippen molar-refractivity contribution in [1.82, 2.24) is 20.4 Å². The fourth-order valence-electron chi connectivity index (χ4n) is 9.05. The summed E-state index contributed by atoms with van der Waals surface area (Å²) in [4.78, 5) is 30.5. The zero-order chi connectivity index (χ0) is 44.8. The third-order valence-corrected chi connectivity index (χ3v) is 12.8. The first-order valence-corrected chi connectivity index (χ1v) is 26.4. The fourth-order valence-corrected chi connectivity index (χ4v) is 9.05. The molecule has 0 aromatic carbocycles. The first-order valence-electron chi connectivity index (χ1n) is 26.4. The molecule has 2 amide bonds. The van der Waals surface area contributed by atoms with E-state index in [0.29, 0.717) is 39.0 Å². The summed E-state index contributed by atoms with van der Waals surface area (Å²) in [5, 5.41) is 48.7. The summed E-state index contributed by atoms with van der Waals surface area (Å²) in [6.07, 6.45) is 34.7. The molecule has 6 N–H and O–H groups in total. The maximum atomic E-state index is 13.1. The number of nitrogens with zero attached hydrogens (tertiary/aromatic N) is 2. The van der Waals surface area contributed by atoms with Gasteiger partial charge in [0.05, 0.1) is 24.4 Å². The zero-order valence-corrected chi connectivity index (χ0v) is 40.5. The fraction of sp³-hybridized carbons (Fsp3) is 0.961. The van der Waals surface area contributed by atoms with Crippen LogP contribution in [-0.4, -0.2) is 118 Å². The topological polar surface area (TPSA) is 146 Å². The third kappa shape index (κ3) is 33.8. The zero-order valence-electron chi connectivity index (χ0n) is 40.5. The molecule has 0 unspecified atom stereocenters. The van der Waals surface area contributed by atoms with E-state index in [1.54, 1.807) is 6.92 Å². The van der Waals surface area contributed by atoms with Crippen LogP contribution in [0.4, 0.5) is 0 Å². The van der Waals surface area contributed by atoms with Crippen molar-refractivity contribution in [2.45, 2.75) is 276 Å². The molecule has 6 atom stereocenters. The number of aliphatic hydroxyl groups excluding tert-OH is 4. The lowest BCUT2D eigenvalue weighted by molar-refractivity contribution is -0.137. The third-order valence-electron chi connectivity index (χ3n) is 12.8. The molecule has 1 aliphatic heterocycles. The summed E-state index contributed by atoms with van der Waals surface area (Å²) < 4.78 is 0. The average Bonchev–Trinajstić information content (AvgIpc) is 3.22. The smallest absolute Gasteiger partial charge is 0.243 e. The monoisotopic (exact) mass is 867 g/mol. The number of unbranched alkanes of at least 4 members (excludes halogenated alkanes) is 23. The second-order valence-electron chi connectivity index (χ2n) is 19.2. The number of carbonyl (C=O) groups is 2. The number of piperazine rings is 1. The van der Waals surface area contributed by atoms with E-state index in [1.165, 1.54) is 116 Å². The molecule has 1 fully saturated rings. The second-order valence-corrected chi connectivity index (χ2v) is 19.2. The standard InChI is InChI=1S/C51H102N4O6/c1-5-8-11-14-17-20-23-26-33-45(57)41-54(40-44(4)56)38-31-29-36-48-50(60)53-49(51(61)52-48)37-30-32-39-55(42-46(58)34-27-24-21-18-15-12-9-6-2)43-47(59)35-28-25-22-19-16-13-10-7-3/h44-49,56-59H,5-43H2,1-4H3,(H,52,61)(H,53,60)/t44-,45-,46-,47-,48+,49+/m1/s1. The number of carbonyl (C=O) groups excluding carboxylic acids is 2. The molecule has 0 aromatic rings. The molecule has 0 aliphatic carbocycles. The van der Waals surface area contributed by atoms with Gasteiger partial charge in [-0.2, -0.15) is 0 Å². The van der Waals surface area contributed by atoms with Gasteiger partial charge in [0.2, 0.25) is 11.8 Å². The Balaban J connectivity index is 2.47.